The smallest absolute Gasteiger partial charge is 0.328 e. The molecule has 7 nitrogen and oxygen atoms in total. The highest BCUT2D eigenvalue weighted by Crippen LogP contribution is 2.19. The van der Waals surface area contributed by atoms with Gasteiger partial charge in [-0.3, -0.25) is 14.2 Å². The second kappa shape index (κ2) is 7.92. The molecule has 148 valence electrons. The number of carbonyl (C=O) groups is 1. The van der Waals surface area contributed by atoms with E-state index in [-0.39, 0.29) is 18.0 Å². The maximum Gasteiger partial charge on any atom is 0.328 e. The molecule has 0 aliphatic carbocycles. The van der Waals surface area contributed by atoms with Gasteiger partial charge in [-0.15, -0.1) is 11.3 Å². The fourth-order valence-electron chi connectivity index (χ4n) is 3.24. The Balaban J connectivity index is 1.72. The first-order valence-corrected chi connectivity index (χ1v) is 10.1. The van der Waals surface area contributed by atoms with Crippen molar-refractivity contribution < 1.29 is 9.21 Å². The second-order valence-corrected chi connectivity index (χ2v) is 7.59. The summed E-state index contributed by atoms with van der Waals surface area (Å²) < 4.78 is 6.54. The summed E-state index contributed by atoms with van der Waals surface area (Å²) in [4.78, 5) is 43.2. The van der Waals surface area contributed by atoms with Crippen LogP contribution < -0.4 is 11.2 Å². The topological polar surface area (TPSA) is 88.3 Å². The maximum atomic E-state index is 13.2. The number of hydrogen-bond donors (Lipinski definition) is 1. The highest BCUT2D eigenvalue weighted by molar-refractivity contribution is 7.09. The van der Waals surface area contributed by atoms with E-state index in [4.69, 9.17) is 4.42 Å². The van der Waals surface area contributed by atoms with E-state index < -0.39 is 5.69 Å². The quantitative estimate of drug-likeness (QED) is 0.530. The lowest BCUT2D eigenvalue weighted by atomic mass is 10.1. The summed E-state index contributed by atoms with van der Waals surface area (Å²) in [6.07, 6.45) is 1.57. The minimum absolute atomic E-state index is 0.211. The van der Waals surface area contributed by atoms with Gasteiger partial charge >= 0.3 is 5.69 Å². The van der Waals surface area contributed by atoms with Crippen LogP contribution in [0.3, 0.4) is 0 Å². The van der Waals surface area contributed by atoms with Gasteiger partial charge in [0, 0.05) is 17.0 Å². The lowest BCUT2D eigenvalue weighted by Gasteiger charge is -2.21. The first-order valence-electron chi connectivity index (χ1n) is 9.17. The predicted octanol–water partition coefficient (Wildman–Crippen LogP) is 3.21. The summed E-state index contributed by atoms with van der Waals surface area (Å²) in [6.45, 7) is 2.76. The minimum atomic E-state index is -0.486. The van der Waals surface area contributed by atoms with Gasteiger partial charge in [0.05, 0.1) is 30.3 Å². The number of furan rings is 1. The largest absolute Gasteiger partial charge is 0.467 e. The molecule has 0 bridgehead atoms. The third kappa shape index (κ3) is 3.79. The molecular formula is C21H19N3O4S. The second-order valence-electron chi connectivity index (χ2n) is 6.56. The third-order valence-electron chi connectivity index (χ3n) is 4.69. The van der Waals surface area contributed by atoms with Crippen LogP contribution >= 0.6 is 11.3 Å². The lowest BCUT2D eigenvalue weighted by molar-refractivity contribution is 0.0719. The number of aromatic nitrogens is 2. The average Bonchev–Trinajstić information content (AvgIpc) is 3.41. The standard InChI is InChI=1S/C21H19N3O4S/c1-2-24-20(26)17-8-7-14(11-18(17)22-21(24)27)19(25)23(12-15-5-3-9-28-15)13-16-6-4-10-29-16/h3-11H,2,12-13H2,1H3,(H,22,27). The molecule has 1 amide bonds. The van der Waals surface area contributed by atoms with Crippen molar-refractivity contribution in [1.29, 1.82) is 0 Å². The maximum absolute atomic E-state index is 13.2. The van der Waals surface area contributed by atoms with Crippen LogP contribution in [0.1, 0.15) is 27.9 Å². The Kier molecular flexibility index (Phi) is 5.18. The molecule has 29 heavy (non-hydrogen) atoms. The van der Waals surface area contributed by atoms with Crippen molar-refractivity contribution in [2.24, 2.45) is 0 Å². The van der Waals surface area contributed by atoms with Crippen LogP contribution in [0.4, 0.5) is 0 Å². The molecule has 0 fully saturated rings. The van der Waals surface area contributed by atoms with E-state index in [1.165, 1.54) is 0 Å². The molecule has 3 aromatic heterocycles. The molecule has 0 saturated heterocycles. The molecule has 0 aliphatic heterocycles. The molecule has 1 aromatic carbocycles. The zero-order valence-corrected chi connectivity index (χ0v) is 16.6. The van der Waals surface area contributed by atoms with Gasteiger partial charge in [0.1, 0.15) is 5.76 Å². The molecule has 4 rings (SSSR count). The van der Waals surface area contributed by atoms with Gasteiger partial charge in [-0.2, -0.15) is 0 Å². The van der Waals surface area contributed by atoms with Gasteiger partial charge in [0.2, 0.25) is 0 Å². The Morgan fingerprint density at radius 1 is 1.17 bits per heavy atom. The number of aromatic amines is 1. The van der Waals surface area contributed by atoms with Crippen LogP contribution in [0.5, 0.6) is 0 Å². The van der Waals surface area contributed by atoms with Crippen molar-refractivity contribution in [2.75, 3.05) is 0 Å². The summed E-state index contributed by atoms with van der Waals surface area (Å²) in [5, 5.41) is 2.34. The van der Waals surface area contributed by atoms with Crippen molar-refractivity contribution in [3.63, 3.8) is 0 Å². The fourth-order valence-corrected chi connectivity index (χ4v) is 3.96. The van der Waals surface area contributed by atoms with Crippen LogP contribution in [-0.4, -0.2) is 20.4 Å². The minimum Gasteiger partial charge on any atom is -0.467 e. The van der Waals surface area contributed by atoms with Crippen LogP contribution in [0.15, 0.2) is 68.1 Å². The number of rotatable bonds is 6. The third-order valence-corrected chi connectivity index (χ3v) is 5.55. The summed E-state index contributed by atoms with van der Waals surface area (Å²) in [5.74, 6) is 0.465. The van der Waals surface area contributed by atoms with Crippen LogP contribution in [-0.2, 0) is 19.6 Å². The fraction of sp³-hybridized carbons (Fsp3) is 0.190. The Morgan fingerprint density at radius 2 is 2.03 bits per heavy atom. The molecule has 0 spiro atoms. The lowest BCUT2D eigenvalue weighted by Crippen LogP contribution is -2.34. The molecule has 0 atom stereocenters. The van der Waals surface area contributed by atoms with Gasteiger partial charge in [-0.25, -0.2) is 4.79 Å². The monoisotopic (exact) mass is 409 g/mol. The number of thiophene rings is 1. The van der Waals surface area contributed by atoms with Gasteiger partial charge in [0.15, 0.2) is 0 Å². The molecule has 4 aromatic rings. The first kappa shape index (κ1) is 18.9. The number of nitrogens with one attached hydrogen (secondary N) is 1. The van der Waals surface area contributed by atoms with Crippen LogP contribution in [0.25, 0.3) is 10.9 Å². The zero-order valence-electron chi connectivity index (χ0n) is 15.8. The Morgan fingerprint density at radius 3 is 2.72 bits per heavy atom. The van der Waals surface area contributed by atoms with Crippen molar-refractivity contribution >= 4 is 28.1 Å². The molecule has 0 unspecified atom stereocenters. The van der Waals surface area contributed by atoms with E-state index in [1.54, 1.807) is 53.7 Å². The predicted molar refractivity (Wildman–Crippen MR) is 111 cm³/mol. The van der Waals surface area contributed by atoms with Gasteiger partial charge in [-0.05, 0) is 48.7 Å². The Hall–Kier alpha value is -3.39. The van der Waals surface area contributed by atoms with E-state index in [0.717, 1.165) is 9.44 Å². The van der Waals surface area contributed by atoms with Crippen molar-refractivity contribution in [2.45, 2.75) is 26.6 Å². The first-order chi connectivity index (χ1) is 14.1. The Labute approximate surface area is 169 Å². The summed E-state index contributed by atoms with van der Waals surface area (Å²) in [7, 11) is 0. The molecule has 0 radical (unpaired) electrons. The summed E-state index contributed by atoms with van der Waals surface area (Å²) in [6, 6.07) is 12.3. The SMILES string of the molecule is CCn1c(=O)[nH]c2cc(C(=O)N(Cc3ccco3)Cc3cccs3)ccc2c1=O. The Bertz CT molecular complexity index is 1220. The normalized spacial score (nSPS) is 11.1. The molecule has 0 aliphatic rings. The highest BCUT2D eigenvalue weighted by atomic mass is 32.1. The number of carbonyl (C=O) groups excluding carboxylic acids is 1. The molecule has 3 heterocycles. The van der Waals surface area contributed by atoms with Crippen molar-refractivity contribution in [1.82, 2.24) is 14.5 Å². The molecular weight excluding hydrogens is 390 g/mol. The molecule has 8 heteroatoms. The van der Waals surface area contributed by atoms with E-state index >= 15 is 0 Å². The van der Waals surface area contributed by atoms with Crippen molar-refractivity contribution in [3.05, 3.63) is 91.1 Å². The zero-order chi connectivity index (χ0) is 20.4. The number of nitrogens with zero attached hydrogens (tertiary/aromatic N) is 2. The van der Waals surface area contributed by atoms with E-state index in [9.17, 15) is 14.4 Å². The van der Waals surface area contributed by atoms with E-state index in [1.807, 2.05) is 23.6 Å². The average molecular weight is 409 g/mol. The highest BCUT2D eigenvalue weighted by Gasteiger charge is 2.19. The number of fused-ring (bicyclic) bond motifs is 1. The van der Waals surface area contributed by atoms with Gasteiger partial charge < -0.3 is 14.3 Å². The van der Waals surface area contributed by atoms with E-state index in [0.29, 0.717) is 35.3 Å². The summed E-state index contributed by atoms with van der Waals surface area (Å²) >= 11 is 1.57. The van der Waals surface area contributed by atoms with Crippen LogP contribution in [0.2, 0.25) is 0 Å². The van der Waals surface area contributed by atoms with Crippen molar-refractivity contribution in [3.8, 4) is 0 Å². The van der Waals surface area contributed by atoms with Gasteiger partial charge in [0.25, 0.3) is 11.5 Å². The molecule has 0 saturated carbocycles. The van der Waals surface area contributed by atoms with Crippen LogP contribution in [0, 0.1) is 0 Å². The number of benzene rings is 1. The van der Waals surface area contributed by atoms with Gasteiger partial charge in [-0.1, -0.05) is 6.07 Å². The summed E-state index contributed by atoms with van der Waals surface area (Å²) in [5.41, 5.74) is -0.105. The molecule has 1 N–H and O–H groups in total. The number of hydrogen-bond acceptors (Lipinski definition) is 5. The van der Waals surface area contributed by atoms with E-state index in [2.05, 4.69) is 4.98 Å². The number of H-pyrrole nitrogens is 1. The number of amides is 1.